The van der Waals surface area contributed by atoms with Gasteiger partial charge in [0, 0.05) is 43.1 Å². The van der Waals surface area contributed by atoms with Gasteiger partial charge < -0.3 is 14.6 Å². The number of fused-ring (bicyclic) bond motifs is 4. The van der Waals surface area contributed by atoms with Gasteiger partial charge in [0.05, 0.1) is 18.7 Å². The van der Waals surface area contributed by atoms with E-state index in [1.807, 2.05) is 25.1 Å². The van der Waals surface area contributed by atoms with Crippen molar-refractivity contribution in [1.82, 2.24) is 9.88 Å². The van der Waals surface area contributed by atoms with Gasteiger partial charge in [-0.05, 0) is 82.6 Å². The molecular formula is C29H35BrN2O4. The van der Waals surface area contributed by atoms with Crippen molar-refractivity contribution < 1.29 is 19.4 Å². The summed E-state index contributed by atoms with van der Waals surface area (Å²) in [5.41, 5.74) is 4.28. The van der Waals surface area contributed by atoms with Crippen LogP contribution in [0.5, 0.6) is 17.2 Å². The number of rotatable bonds is 4. The van der Waals surface area contributed by atoms with Crippen LogP contribution in [0.4, 0.5) is 0 Å². The lowest BCUT2D eigenvalue weighted by molar-refractivity contribution is -0.129. The summed E-state index contributed by atoms with van der Waals surface area (Å²) in [4.78, 5) is 19.2. The van der Waals surface area contributed by atoms with Gasteiger partial charge in [0.25, 0.3) is 0 Å². The molecule has 0 radical (unpaired) electrons. The zero-order chi connectivity index (χ0) is 26.0. The van der Waals surface area contributed by atoms with Crippen LogP contribution < -0.4 is 9.47 Å². The quantitative estimate of drug-likeness (QED) is 0.411. The summed E-state index contributed by atoms with van der Waals surface area (Å²) in [6.07, 6.45) is 4.31. The maximum atomic E-state index is 12.6. The number of phenols is 1. The van der Waals surface area contributed by atoms with Gasteiger partial charge in [-0.2, -0.15) is 0 Å². The minimum Gasteiger partial charge on any atom is -0.505 e. The molecule has 192 valence electrons. The number of methoxy groups -OCH3 is 2. The van der Waals surface area contributed by atoms with Crippen LogP contribution in [0.3, 0.4) is 0 Å². The fourth-order valence-corrected chi connectivity index (χ4v) is 5.95. The van der Waals surface area contributed by atoms with Gasteiger partial charge in [0.2, 0.25) is 0 Å². The molecule has 0 spiro atoms. The van der Waals surface area contributed by atoms with E-state index in [0.717, 1.165) is 48.4 Å². The summed E-state index contributed by atoms with van der Waals surface area (Å²) in [5, 5.41) is 10.7. The SMILES string of the molecule is COc1cc2c(cc1OC)C1CC(=O)C(CC(C)C)CN1CC2.Cc1cc(Br)c(O)c2ncccc12. The van der Waals surface area contributed by atoms with Crippen molar-refractivity contribution in [3.63, 3.8) is 0 Å². The largest absolute Gasteiger partial charge is 0.505 e. The molecule has 1 fully saturated rings. The number of carbonyl (C=O) groups excluding carboxylic acids is 1. The van der Waals surface area contributed by atoms with Gasteiger partial charge in [-0.1, -0.05) is 19.9 Å². The first-order valence-corrected chi connectivity index (χ1v) is 13.3. The highest BCUT2D eigenvalue weighted by molar-refractivity contribution is 9.10. The number of hydrogen-bond acceptors (Lipinski definition) is 6. The van der Waals surface area contributed by atoms with Gasteiger partial charge in [-0.25, -0.2) is 0 Å². The van der Waals surface area contributed by atoms with Crippen molar-refractivity contribution in [2.24, 2.45) is 11.8 Å². The molecule has 3 heterocycles. The summed E-state index contributed by atoms with van der Waals surface area (Å²) in [7, 11) is 3.33. The Balaban J connectivity index is 0.000000197. The van der Waals surface area contributed by atoms with Crippen LogP contribution in [0, 0.1) is 18.8 Å². The fraction of sp³-hybridized carbons (Fsp3) is 0.448. The molecule has 2 aliphatic rings. The predicted octanol–water partition coefficient (Wildman–Crippen LogP) is 6.25. The summed E-state index contributed by atoms with van der Waals surface area (Å²) in [6.45, 7) is 8.31. The number of Topliss-reactive ketones (excluding diaryl/α,β-unsaturated/α-hetero) is 1. The van der Waals surface area contributed by atoms with Crippen LogP contribution in [-0.4, -0.2) is 48.1 Å². The minimum absolute atomic E-state index is 0.202. The number of nitrogens with zero attached hydrogens (tertiary/aromatic N) is 2. The van der Waals surface area contributed by atoms with E-state index in [1.54, 1.807) is 20.4 Å². The molecule has 1 aromatic heterocycles. The fourth-order valence-electron chi connectivity index (χ4n) is 5.42. The van der Waals surface area contributed by atoms with Crippen molar-refractivity contribution in [2.45, 2.75) is 46.1 Å². The van der Waals surface area contributed by atoms with E-state index >= 15 is 0 Å². The maximum absolute atomic E-state index is 12.6. The van der Waals surface area contributed by atoms with Gasteiger partial charge in [-0.3, -0.25) is 14.7 Å². The second-order valence-electron chi connectivity index (χ2n) is 10.1. The molecule has 0 bridgehead atoms. The molecule has 3 aromatic rings. The van der Waals surface area contributed by atoms with Crippen LogP contribution in [0.1, 0.15) is 49.4 Å². The number of aryl methyl sites for hydroxylation is 1. The van der Waals surface area contributed by atoms with Crippen LogP contribution in [0.25, 0.3) is 10.9 Å². The van der Waals surface area contributed by atoms with Gasteiger partial charge >= 0.3 is 0 Å². The number of hydrogen-bond donors (Lipinski definition) is 1. The van der Waals surface area contributed by atoms with Gasteiger partial charge in [0.15, 0.2) is 17.2 Å². The lowest BCUT2D eigenvalue weighted by Gasteiger charge is -2.43. The zero-order valence-electron chi connectivity index (χ0n) is 21.7. The third kappa shape index (κ3) is 5.37. The molecule has 2 aliphatic heterocycles. The first kappa shape index (κ1) is 26.4. The zero-order valence-corrected chi connectivity index (χ0v) is 23.3. The maximum Gasteiger partial charge on any atom is 0.161 e. The molecule has 1 saturated heterocycles. The number of aromatic hydroxyl groups is 1. The summed E-state index contributed by atoms with van der Waals surface area (Å²) in [5.74, 6) is 2.93. The van der Waals surface area contributed by atoms with Crippen molar-refractivity contribution in [3.05, 3.63) is 57.7 Å². The number of phenolic OH excluding ortho intramolecular Hbond substituents is 1. The van der Waals surface area contributed by atoms with Crippen LogP contribution >= 0.6 is 15.9 Å². The summed E-state index contributed by atoms with van der Waals surface area (Å²) >= 11 is 3.28. The van der Waals surface area contributed by atoms with Gasteiger partial charge in [0.1, 0.15) is 11.3 Å². The average Bonchev–Trinajstić information content (AvgIpc) is 2.87. The minimum atomic E-state index is 0.202. The molecule has 2 unspecified atom stereocenters. The molecule has 6 nitrogen and oxygen atoms in total. The number of ether oxygens (including phenoxy) is 2. The lowest BCUT2D eigenvalue weighted by atomic mass is 9.80. The third-order valence-corrected chi connectivity index (χ3v) is 7.81. The lowest BCUT2D eigenvalue weighted by Crippen LogP contribution is -2.46. The Kier molecular flexibility index (Phi) is 8.20. The number of halogens is 1. The van der Waals surface area contributed by atoms with E-state index in [9.17, 15) is 9.90 Å². The highest BCUT2D eigenvalue weighted by atomic mass is 79.9. The Morgan fingerprint density at radius 2 is 1.92 bits per heavy atom. The molecule has 0 saturated carbocycles. The van der Waals surface area contributed by atoms with E-state index in [2.05, 4.69) is 51.8 Å². The number of piperidine rings is 1. The molecule has 2 atom stereocenters. The Hall–Kier alpha value is -2.64. The second-order valence-corrected chi connectivity index (χ2v) is 10.9. The number of carbonyl (C=O) groups is 1. The summed E-state index contributed by atoms with van der Waals surface area (Å²) in [6, 6.07) is 10.1. The van der Waals surface area contributed by atoms with E-state index < -0.39 is 0 Å². The monoisotopic (exact) mass is 554 g/mol. The number of benzene rings is 2. The number of aromatic nitrogens is 1. The second kappa shape index (κ2) is 11.2. The number of ketones is 1. The number of pyridine rings is 1. The Morgan fingerprint density at radius 3 is 2.61 bits per heavy atom. The molecule has 5 rings (SSSR count). The molecule has 36 heavy (non-hydrogen) atoms. The highest BCUT2D eigenvalue weighted by Gasteiger charge is 2.38. The Bertz CT molecular complexity index is 1260. The molecule has 0 aliphatic carbocycles. The van der Waals surface area contributed by atoms with E-state index in [1.165, 1.54) is 11.1 Å². The smallest absolute Gasteiger partial charge is 0.161 e. The van der Waals surface area contributed by atoms with Crippen molar-refractivity contribution in [2.75, 3.05) is 27.3 Å². The van der Waals surface area contributed by atoms with Crippen LogP contribution in [0.15, 0.2) is 41.0 Å². The topological polar surface area (TPSA) is 71.9 Å². The molecule has 0 amide bonds. The van der Waals surface area contributed by atoms with E-state index in [0.29, 0.717) is 28.1 Å². The Labute approximate surface area is 221 Å². The van der Waals surface area contributed by atoms with E-state index in [-0.39, 0.29) is 17.7 Å². The van der Waals surface area contributed by atoms with Crippen molar-refractivity contribution in [1.29, 1.82) is 0 Å². The first-order chi connectivity index (χ1) is 17.2. The molecular weight excluding hydrogens is 520 g/mol. The normalized spacial score (nSPS) is 19.4. The molecule has 1 N–H and O–H groups in total. The van der Waals surface area contributed by atoms with Crippen LogP contribution in [0.2, 0.25) is 0 Å². The van der Waals surface area contributed by atoms with Crippen LogP contribution in [-0.2, 0) is 11.2 Å². The molecule has 7 heteroatoms. The Morgan fingerprint density at radius 1 is 1.19 bits per heavy atom. The predicted molar refractivity (Wildman–Crippen MR) is 146 cm³/mol. The first-order valence-electron chi connectivity index (χ1n) is 12.5. The van der Waals surface area contributed by atoms with Crippen molar-refractivity contribution >= 4 is 32.6 Å². The average molecular weight is 556 g/mol. The van der Waals surface area contributed by atoms with Gasteiger partial charge in [-0.15, -0.1) is 0 Å². The van der Waals surface area contributed by atoms with Crippen molar-refractivity contribution in [3.8, 4) is 17.2 Å². The third-order valence-electron chi connectivity index (χ3n) is 7.20. The highest BCUT2D eigenvalue weighted by Crippen LogP contribution is 2.42. The summed E-state index contributed by atoms with van der Waals surface area (Å²) < 4.78 is 11.6. The standard InChI is InChI=1S/C19H27NO3.C10H8BrNO/c1-12(2)7-14-11-20-6-5-13-8-18(22-3)19(23-4)9-15(13)16(20)10-17(14)21;1-6-5-8(11)10(13)9-7(6)3-2-4-12-9/h8-9,12,14,16H,5-7,10-11H2,1-4H3;2-5,13H,1H3. The molecule has 2 aromatic carbocycles. The van der Waals surface area contributed by atoms with E-state index in [4.69, 9.17) is 9.47 Å².